The maximum absolute atomic E-state index is 10.4. The largest absolute Gasteiger partial charge is 0.298 e. The quantitative estimate of drug-likeness (QED) is 0.625. The Bertz CT molecular complexity index is 333. The zero-order chi connectivity index (χ0) is 9.10. The van der Waals surface area contributed by atoms with E-state index in [-0.39, 0.29) is 0 Å². The average Bonchev–Trinajstić information content (AvgIpc) is 2.71. The van der Waals surface area contributed by atoms with Gasteiger partial charge in [-0.05, 0) is 42.5 Å². The van der Waals surface area contributed by atoms with Gasteiger partial charge in [-0.1, -0.05) is 18.2 Å². The maximum atomic E-state index is 10.4. The third-order valence-corrected chi connectivity index (χ3v) is 2.36. The standard InChI is InChI=1S/C12H11O/c13-9-10-5-7-12(8-6-10)11-3-1-2-4-11/h3,5-7,9H,1-2,4H2. The summed E-state index contributed by atoms with van der Waals surface area (Å²) in [6, 6.07) is 8.70. The molecule has 0 N–H and O–H groups in total. The molecule has 1 aromatic rings. The lowest BCUT2D eigenvalue weighted by atomic mass is 10.0. The Morgan fingerprint density at radius 2 is 2.31 bits per heavy atom. The van der Waals surface area contributed by atoms with Gasteiger partial charge in [0.1, 0.15) is 6.29 Å². The molecule has 65 valence electrons. The molecular weight excluding hydrogens is 160 g/mol. The highest BCUT2D eigenvalue weighted by molar-refractivity contribution is 5.76. The van der Waals surface area contributed by atoms with Gasteiger partial charge >= 0.3 is 0 Å². The molecule has 0 saturated carbocycles. The zero-order valence-electron chi connectivity index (χ0n) is 7.42. The topological polar surface area (TPSA) is 17.1 Å². The molecule has 0 spiro atoms. The van der Waals surface area contributed by atoms with Crippen molar-refractivity contribution in [3.05, 3.63) is 41.5 Å². The summed E-state index contributed by atoms with van der Waals surface area (Å²) in [6.45, 7) is 0. The van der Waals surface area contributed by atoms with Gasteiger partial charge in [0.2, 0.25) is 0 Å². The van der Waals surface area contributed by atoms with Gasteiger partial charge < -0.3 is 0 Å². The molecule has 1 radical (unpaired) electrons. The third-order valence-electron chi connectivity index (χ3n) is 2.36. The van der Waals surface area contributed by atoms with Crippen LogP contribution in [0.1, 0.15) is 35.2 Å². The van der Waals surface area contributed by atoms with E-state index in [1.54, 1.807) is 6.07 Å². The summed E-state index contributed by atoms with van der Waals surface area (Å²) in [4.78, 5) is 10.4. The van der Waals surface area contributed by atoms with Gasteiger partial charge in [0.15, 0.2) is 0 Å². The van der Waals surface area contributed by atoms with E-state index in [1.807, 2.05) is 12.1 Å². The van der Waals surface area contributed by atoms with Crippen LogP contribution in [-0.4, -0.2) is 6.29 Å². The van der Waals surface area contributed by atoms with Crippen LogP contribution in [0.3, 0.4) is 0 Å². The molecule has 1 nitrogen and oxygen atoms in total. The molecule has 0 fully saturated rings. The lowest BCUT2D eigenvalue weighted by Crippen LogP contribution is -1.83. The van der Waals surface area contributed by atoms with Crippen LogP contribution in [0, 0.1) is 6.07 Å². The SMILES string of the molecule is O=Cc1c[c]c(C2=CCCC2)cc1. The number of rotatable bonds is 2. The van der Waals surface area contributed by atoms with Crippen LogP contribution in [0.4, 0.5) is 0 Å². The third kappa shape index (κ3) is 1.69. The fourth-order valence-electron chi connectivity index (χ4n) is 1.63. The molecule has 0 unspecified atom stereocenters. The second-order valence-electron chi connectivity index (χ2n) is 3.28. The number of carbonyl (C=O) groups is 1. The molecule has 0 aliphatic heterocycles. The van der Waals surface area contributed by atoms with E-state index in [4.69, 9.17) is 0 Å². The fraction of sp³-hybridized carbons (Fsp3) is 0.250. The predicted molar refractivity (Wildman–Crippen MR) is 52.5 cm³/mol. The van der Waals surface area contributed by atoms with Crippen LogP contribution in [0.5, 0.6) is 0 Å². The van der Waals surface area contributed by atoms with Crippen molar-refractivity contribution in [1.82, 2.24) is 0 Å². The zero-order valence-corrected chi connectivity index (χ0v) is 7.42. The predicted octanol–water partition coefficient (Wildman–Crippen LogP) is 2.87. The number of aldehydes is 1. The number of hydrogen-bond acceptors (Lipinski definition) is 1. The van der Waals surface area contributed by atoms with Crippen molar-refractivity contribution in [1.29, 1.82) is 0 Å². The van der Waals surface area contributed by atoms with E-state index in [0.29, 0.717) is 5.56 Å². The Morgan fingerprint density at radius 3 is 2.85 bits per heavy atom. The Labute approximate surface area is 78.1 Å². The molecular formula is C12H11O. The minimum absolute atomic E-state index is 0.697. The molecule has 2 rings (SSSR count). The van der Waals surface area contributed by atoms with Crippen LogP contribution in [-0.2, 0) is 0 Å². The monoisotopic (exact) mass is 171 g/mol. The summed E-state index contributed by atoms with van der Waals surface area (Å²) in [7, 11) is 0. The van der Waals surface area contributed by atoms with Crippen LogP contribution in [0.15, 0.2) is 24.3 Å². The Hall–Kier alpha value is -1.37. The van der Waals surface area contributed by atoms with Gasteiger partial charge in [0, 0.05) is 5.56 Å². The highest BCUT2D eigenvalue weighted by atomic mass is 16.1. The minimum atomic E-state index is 0.697. The van der Waals surface area contributed by atoms with Gasteiger partial charge in [0.05, 0.1) is 0 Å². The molecule has 0 bridgehead atoms. The summed E-state index contributed by atoms with van der Waals surface area (Å²) >= 11 is 0. The van der Waals surface area contributed by atoms with E-state index in [1.165, 1.54) is 18.4 Å². The summed E-state index contributed by atoms with van der Waals surface area (Å²) in [5, 5.41) is 0. The maximum Gasteiger partial charge on any atom is 0.150 e. The van der Waals surface area contributed by atoms with Gasteiger partial charge in [-0.2, -0.15) is 0 Å². The molecule has 0 heterocycles. The van der Waals surface area contributed by atoms with Crippen molar-refractivity contribution in [3.63, 3.8) is 0 Å². The molecule has 0 atom stereocenters. The number of allylic oxidation sites excluding steroid dienone is 2. The minimum Gasteiger partial charge on any atom is -0.298 e. The van der Waals surface area contributed by atoms with Crippen LogP contribution in [0.2, 0.25) is 0 Å². The van der Waals surface area contributed by atoms with E-state index < -0.39 is 0 Å². The first-order valence-corrected chi connectivity index (χ1v) is 4.56. The summed E-state index contributed by atoms with van der Waals surface area (Å²) in [5.41, 5.74) is 3.21. The number of hydrogen-bond donors (Lipinski definition) is 0. The van der Waals surface area contributed by atoms with Gasteiger partial charge in [0.25, 0.3) is 0 Å². The highest BCUT2D eigenvalue weighted by Gasteiger charge is 2.06. The lowest BCUT2D eigenvalue weighted by Gasteiger charge is -2.00. The summed E-state index contributed by atoms with van der Waals surface area (Å²) < 4.78 is 0. The van der Waals surface area contributed by atoms with Gasteiger partial charge in [-0.15, -0.1) is 0 Å². The first-order valence-electron chi connectivity index (χ1n) is 4.56. The van der Waals surface area contributed by atoms with Crippen LogP contribution >= 0.6 is 0 Å². The molecule has 0 saturated heterocycles. The molecule has 0 amide bonds. The van der Waals surface area contributed by atoms with Gasteiger partial charge in [-0.3, -0.25) is 4.79 Å². The van der Waals surface area contributed by atoms with Crippen molar-refractivity contribution in [3.8, 4) is 0 Å². The number of carbonyl (C=O) groups excluding carboxylic acids is 1. The lowest BCUT2D eigenvalue weighted by molar-refractivity contribution is 0.112. The van der Waals surface area contributed by atoms with Gasteiger partial charge in [-0.25, -0.2) is 0 Å². The molecule has 1 aromatic carbocycles. The summed E-state index contributed by atoms with van der Waals surface area (Å²) in [6.07, 6.45) is 6.68. The first kappa shape index (κ1) is 8.24. The van der Waals surface area contributed by atoms with Crippen molar-refractivity contribution >= 4 is 11.9 Å². The first-order chi connectivity index (χ1) is 6.40. The van der Waals surface area contributed by atoms with Crippen molar-refractivity contribution in [2.24, 2.45) is 0 Å². The normalized spacial score (nSPS) is 15.5. The second-order valence-corrected chi connectivity index (χ2v) is 3.28. The fourth-order valence-corrected chi connectivity index (χ4v) is 1.63. The van der Waals surface area contributed by atoms with E-state index >= 15 is 0 Å². The molecule has 1 heteroatoms. The molecule has 1 aliphatic carbocycles. The van der Waals surface area contributed by atoms with E-state index in [9.17, 15) is 4.79 Å². The Kier molecular flexibility index (Phi) is 2.26. The summed E-state index contributed by atoms with van der Waals surface area (Å²) in [5.74, 6) is 0. The van der Waals surface area contributed by atoms with Crippen LogP contribution in [0.25, 0.3) is 5.57 Å². The smallest absolute Gasteiger partial charge is 0.150 e. The molecule has 0 aromatic heterocycles. The molecule has 13 heavy (non-hydrogen) atoms. The van der Waals surface area contributed by atoms with Crippen molar-refractivity contribution in [2.75, 3.05) is 0 Å². The van der Waals surface area contributed by atoms with E-state index in [0.717, 1.165) is 18.3 Å². The van der Waals surface area contributed by atoms with E-state index in [2.05, 4.69) is 12.1 Å². The Balaban J connectivity index is 2.26. The second kappa shape index (κ2) is 3.56. The average molecular weight is 171 g/mol. The highest BCUT2D eigenvalue weighted by Crippen LogP contribution is 2.26. The van der Waals surface area contributed by atoms with Crippen LogP contribution < -0.4 is 0 Å². The number of benzene rings is 1. The van der Waals surface area contributed by atoms with Crippen molar-refractivity contribution < 1.29 is 4.79 Å². The molecule has 1 aliphatic rings. The van der Waals surface area contributed by atoms with Crippen molar-refractivity contribution in [2.45, 2.75) is 19.3 Å². The Morgan fingerprint density at radius 1 is 1.38 bits per heavy atom.